The lowest BCUT2D eigenvalue weighted by atomic mass is 10.0. The summed E-state index contributed by atoms with van der Waals surface area (Å²) in [6, 6.07) is 7.13. The number of hydrogen-bond acceptors (Lipinski definition) is 6. The minimum absolute atomic E-state index is 0.211. The average molecular weight is 324 g/mol. The fourth-order valence-electron chi connectivity index (χ4n) is 2.59. The summed E-state index contributed by atoms with van der Waals surface area (Å²) in [5.41, 5.74) is 1.58. The number of aliphatic hydroxyl groups is 3. The molecule has 1 saturated heterocycles. The van der Waals surface area contributed by atoms with Gasteiger partial charge in [-0.25, -0.2) is 4.79 Å². The molecule has 3 N–H and O–H groups in total. The van der Waals surface area contributed by atoms with E-state index in [1.54, 1.807) is 12.1 Å². The van der Waals surface area contributed by atoms with Gasteiger partial charge in [0.05, 0.1) is 37.1 Å². The van der Waals surface area contributed by atoms with Crippen molar-refractivity contribution in [2.45, 2.75) is 50.6 Å². The van der Waals surface area contributed by atoms with Crippen LogP contribution in [0.2, 0.25) is 0 Å². The van der Waals surface area contributed by atoms with Crippen LogP contribution in [0.5, 0.6) is 0 Å². The van der Waals surface area contributed by atoms with Crippen molar-refractivity contribution in [3.63, 3.8) is 0 Å². The summed E-state index contributed by atoms with van der Waals surface area (Å²) < 4.78 is 10.5. The van der Waals surface area contributed by atoms with Gasteiger partial charge in [0.15, 0.2) is 0 Å². The third-order valence-corrected chi connectivity index (χ3v) is 4.03. The molecule has 0 spiro atoms. The summed E-state index contributed by atoms with van der Waals surface area (Å²) in [4.78, 5) is 11.8. The maximum atomic E-state index is 11.8. The Balaban J connectivity index is 1.67. The fourth-order valence-corrected chi connectivity index (χ4v) is 2.59. The van der Waals surface area contributed by atoms with E-state index < -0.39 is 24.4 Å². The van der Waals surface area contributed by atoms with Crippen molar-refractivity contribution in [1.82, 2.24) is 0 Å². The van der Waals surface area contributed by atoms with Gasteiger partial charge in [0.2, 0.25) is 0 Å². The zero-order chi connectivity index (χ0) is 16.8. The van der Waals surface area contributed by atoms with Crippen LogP contribution in [0.15, 0.2) is 24.3 Å². The molecule has 0 bridgehead atoms. The van der Waals surface area contributed by atoms with Crippen LogP contribution in [-0.2, 0) is 9.47 Å². The fraction of sp³-hybridized carbons (Fsp3) is 0.588. The van der Waals surface area contributed by atoms with Crippen molar-refractivity contribution in [3.05, 3.63) is 35.4 Å². The smallest absolute Gasteiger partial charge is 0.338 e. The maximum Gasteiger partial charge on any atom is 0.338 e. The van der Waals surface area contributed by atoms with Crippen LogP contribution in [0.25, 0.3) is 0 Å². The normalized spacial score (nSPS) is 25.3. The summed E-state index contributed by atoms with van der Waals surface area (Å²) in [5, 5.41) is 28.7. The Kier molecular flexibility index (Phi) is 6.53. The Hall–Kier alpha value is -1.47. The maximum absolute atomic E-state index is 11.8. The second-order valence-electron chi connectivity index (χ2n) is 5.91. The first kappa shape index (κ1) is 17.9. The number of aliphatic hydroxyl groups excluding tert-OH is 3. The van der Waals surface area contributed by atoms with E-state index in [0.717, 1.165) is 5.56 Å². The third-order valence-electron chi connectivity index (χ3n) is 4.03. The highest BCUT2D eigenvalue weighted by Crippen LogP contribution is 2.24. The summed E-state index contributed by atoms with van der Waals surface area (Å²) in [7, 11) is 0. The standard InChI is InChI=1S/C17H24O6/c1-11-4-6-12(7-5-11)17(21)22-8-2-3-13(19)15-9-14(20)16(10-18)23-15/h4-7,13-16,18-20H,2-3,8-10H2,1H3/t13-,14+,15+,16-/m1/s1. The van der Waals surface area contributed by atoms with E-state index in [1.165, 1.54) is 0 Å². The first-order valence-electron chi connectivity index (χ1n) is 7.87. The van der Waals surface area contributed by atoms with E-state index in [9.17, 15) is 15.0 Å². The van der Waals surface area contributed by atoms with Crippen LogP contribution >= 0.6 is 0 Å². The Labute approximate surface area is 135 Å². The molecule has 128 valence electrons. The summed E-state index contributed by atoms with van der Waals surface area (Å²) in [6.07, 6.45) is -1.42. The van der Waals surface area contributed by atoms with E-state index in [4.69, 9.17) is 14.6 Å². The Morgan fingerprint density at radius 2 is 2.09 bits per heavy atom. The van der Waals surface area contributed by atoms with Crippen LogP contribution in [0.1, 0.15) is 35.2 Å². The lowest BCUT2D eigenvalue weighted by molar-refractivity contribution is -0.0645. The molecule has 0 unspecified atom stereocenters. The monoisotopic (exact) mass is 324 g/mol. The topological polar surface area (TPSA) is 96.2 Å². The molecule has 0 aromatic heterocycles. The zero-order valence-corrected chi connectivity index (χ0v) is 13.2. The van der Waals surface area contributed by atoms with E-state index in [0.29, 0.717) is 24.8 Å². The lowest BCUT2D eigenvalue weighted by Gasteiger charge is -2.18. The summed E-state index contributed by atoms with van der Waals surface area (Å²) in [5.74, 6) is -0.382. The Morgan fingerprint density at radius 1 is 1.39 bits per heavy atom. The quantitative estimate of drug-likeness (QED) is 0.507. The summed E-state index contributed by atoms with van der Waals surface area (Å²) >= 11 is 0. The predicted molar refractivity (Wildman–Crippen MR) is 83.1 cm³/mol. The molecule has 1 aliphatic heterocycles. The van der Waals surface area contributed by atoms with Gasteiger partial charge in [0.25, 0.3) is 0 Å². The van der Waals surface area contributed by atoms with Gasteiger partial charge in [-0.3, -0.25) is 0 Å². The molecular weight excluding hydrogens is 300 g/mol. The average Bonchev–Trinajstić information content (AvgIpc) is 2.93. The van der Waals surface area contributed by atoms with E-state index in [-0.39, 0.29) is 19.2 Å². The summed E-state index contributed by atoms with van der Waals surface area (Å²) in [6.45, 7) is 1.89. The molecule has 6 heteroatoms. The Bertz CT molecular complexity index is 500. The van der Waals surface area contributed by atoms with Gasteiger partial charge in [-0.05, 0) is 31.9 Å². The molecule has 1 aromatic carbocycles. The minimum Gasteiger partial charge on any atom is -0.462 e. The highest BCUT2D eigenvalue weighted by molar-refractivity contribution is 5.89. The minimum atomic E-state index is -0.751. The molecule has 0 amide bonds. The number of esters is 1. The molecule has 1 heterocycles. The molecule has 0 saturated carbocycles. The van der Waals surface area contributed by atoms with Crippen molar-refractivity contribution in [3.8, 4) is 0 Å². The number of rotatable bonds is 7. The van der Waals surface area contributed by atoms with Gasteiger partial charge in [0, 0.05) is 6.42 Å². The van der Waals surface area contributed by atoms with Crippen LogP contribution in [0.4, 0.5) is 0 Å². The molecule has 1 aliphatic rings. The molecule has 0 aliphatic carbocycles. The van der Waals surface area contributed by atoms with E-state index >= 15 is 0 Å². The van der Waals surface area contributed by atoms with Crippen LogP contribution < -0.4 is 0 Å². The number of ether oxygens (including phenoxy) is 2. The second-order valence-corrected chi connectivity index (χ2v) is 5.91. The molecule has 0 radical (unpaired) electrons. The van der Waals surface area contributed by atoms with Gasteiger partial charge in [0.1, 0.15) is 6.10 Å². The number of benzene rings is 1. The van der Waals surface area contributed by atoms with Crippen molar-refractivity contribution in [1.29, 1.82) is 0 Å². The number of carbonyl (C=O) groups excluding carboxylic acids is 1. The largest absolute Gasteiger partial charge is 0.462 e. The van der Waals surface area contributed by atoms with Crippen LogP contribution in [0, 0.1) is 6.92 Å². The molecule has 1 fully saturated rings. The highest BCUT2D eigenvalue weighted by atomic mass is 16.5. The van der Waals surface area contributed by atoms with E-state index in [2.05, 4.69) is 0 Å². The number of aryl methyl sites for hydroxylation is 1. The van der Waals surface area contributed by atoms with Crippen molar-refractivity contribution in [2.24, 2.45) is 0 Å². The van der Waals surface area contributed by atoms with Crippen molar-refractivity contribution >= 4 is 5.97 Å². The van der Waals surface area contributed by atoms with Gasteiger partial charge in [-0.1, -0.05) is 17.7 Å². The van der Waals surface area contributed by atoms with Gasteiger partial charge >= 0.3 is 5.97 Å². The first-order chi connectivity index (χ1) is 11.0. The second kappa shape index (κ2) is 8.40. The third kappa shape index (κ3) is 5.00. The molecular formula is C17H24O6. The van der Waals surface area contributed by atoms with Crippen LogP contribution in [-0.4, -0.2) is 58.9 Å². The Morgan fingerprint density at radius 3 is 2.70 bits per heavy atom. The molecule has 6 nitrogen and oxygen atoms in total. The van der Waals surface area contributed by atoms with Gasteiger partial charge in [-0.15, -0.1) is 0 Å². The van der Waals surface area contributed by atoms with E-state index in [1.807, 2.05) is 19.1 Å². The molecule has 2 rings (SSSR count). The number of hydrogen-bond donors (Lipinski definition) is 3. The zero-order valence-electron chi connectivity index (χ0n) is 13.2. The van der Waals surface area contributed by atoms with Gasteiger partial charge in [-0.2, -0.15) is 0 Å². The van der Waals surface area contributed by atoms with Crippen molar-refractivity contribution in [2.75, 3.05) is 13.2 Å². The molecule has 23 heavy (non-hydrogen) atoms. The van der Waals surface area contributed by atoms with Crippen LogP contribution in [0.3, 0.4) is 0 Å². The lowest BCUT2D eigenvalue weighted by Crippen LogP contribution is -2.28. The van der Waals surface area contributed by atoms with Gasteiger partial charge < -0.3 is 24.8 Å². The molecule has 4 atom stereocenters. The molecule has 1 aromatic rings. The SMILES string of the molecule is Cc1ccc(C(=O)OCCC[C@@H](O)[C@@H]2C[C@H](O)[C@@H](CO)O2)cc1. The number of carbonyl (C=O) groups is 1. The first-order valence-corrected chi connectivity index (χ1v) is 7.87. The predicted octanol–water partition coefficient (Wildman–Crippen LogP) is 0.804. The van der Waals surface area contributed by atoms with Crippen molar-refractivity contribution < 1.29 is 29.6 Å². The highest BCUT2D eigenvalue weighted by Gasteiger charge is 2.36.